The first-order valence-corrected chi connectivity index (χ1v) is 5.25. The van der Waals surface area contributed by atoms with E-state index in [9.17, 15) is 9.59 Å². The molecule has 0 saturated carbocycles. The van der Waals surface area contributed by atoms with Gasteiger partial charge in [-0.25, -0.2) is 4.98 Å². The molecule has 1 saturated heterocycles. The van der Waals surface area contributed by atoms with Crippen LogP contribution in [0.3, 0.4) is 0 Å². The van der Waals surface area contributed by atoms with Crippen LogP contribution in [0.1, 0.15) is 18.5 Å². The minimum Gasteiger partial charge on any atom is -0.348 e. The summed E-state index contributed by atoms with van der Waals surface area (Å²) < 4.78 is 0. The molecule has 6 nitrogen and oxygen atoms in total. The fraction of sp³-hybridized carbons (Fsp3) is 0.500. The lowest BCUT2D eigenvalue weighted by molar-refractivity contribution is -0.149. The number of carbonyl (C=O) groups excluding carboxylic acids is 2. The number of H-pyrrole nitrogens is 1. The van der Waals surface area contributed by atoms with E-state index in [1.54, 1.807) is 12.5 Å². The zero-order valence-electron chi connectivity index (χ0n) is 8.85. The third-order valence-electron chi connectivity index (χ3n) is 2.71. The monoisotopic (exact) mass is 222 g/mol. The van der Waals surface area contributed by atoms with Crippen LogP contribution in [0.25, 0.3) is 0 Å². The van der Waals surface area contributed by atoms with E-state index in [0.29, 0.717) is 25.8 Å². The van der Waals surface area contributed by atoms with Gasteiger partial charge in [0.1, 0.15) is 0 Å². The van der Waals surface area contributed by atoms with Gasteiger partial charge in [-0.3, -0.25) is 14.5 Å². The van der Waals surface area contributed by atoms with Gasteiger partial charge in [0.05, 0.1) is 12.4 Å². The molecule has 3 N–H and O–H groups in total. The fourth-order valence-corrected chi connectivity index (χ4v) is 1.75. The molecule has 2 heterocycles. The molecule has 0 spiro atoms. The van der Waals surface area contributed by atoms with Crippen LogP contribution in [0.15, 0.2) is 12.5 Å². The molecule has 6 heteroatoms. The molecular formula is C10H14N4O2. The van der Waals surface area contributed by atoms with Crippen molar-refractivity contribution in [2.45, 2.75) is 25.3 Å². The SMILES string of the molecule is NC1CCC(=O)N(CCc2cnc[nH]2)C1=O. The largest absolute Gasteiger partial charge is 0.348 e. The zero-order valence-corrected chi connectivity index (χ0v) is 8.85. The highest BCUT2D eigenvalue weighted by Gasteiger charge is 2.31. The van der Waals surface area contributed by atoms with E-state index in [2.05, 4.69) is 9.97 Å². The first-order chi connectivity index (χ1) is 7.68. The summed E-state index contributed by atoms with van der Waals surface area (Å²) in [4.78, 5) is 31.2. The average Bonchev–Trinajstić information content (AvgIpc) is 2.77. The average molecular weight is 222 g/mol. The number of amides is 2. The number of imidazole rings is 1. The summed E-state index contributed by atoms with van der Waals surface area (Å²) >= 11 is 0. The summed E-state index contributed by atoms with van der Waals surface area (Å²) in [7, 11) is 0. The van der Waals surface area contributed by atoms with Crippen LogP contribution in [0.4, 0.5) is 0 Å². The third-order valence-corrected chi connectivity index (χ3v) is 2.71. The van der Waals surface area contributed by atoms with E-state index < -0.39 is 6.04 Å². The number of hydrogen-bond donors (Lipinski definition) is 2. The number of aromatic amines is 1. The Kier molecular flexibility index (Phi) is 3.00. The molecule has 0 aliphatic carbocycles. The van der Waals surface area contributed by atoms with Crippen LogP contribution in [0.5, 0.6) is 0 Å². The molecule has 1 fully saturated rings. The van der Waals surface area contributed by atoms with Crippen molar-refractivity contribution in [3.8, 4) is 0 Å². The van der Waals surface area contributed by atoms with Gasteiger partial charge in [-0.05, 0) is 6.42 Å². The maximum Gasteiger partial charge on any atom is 0.246 e. The van der Waals surface area contributed by atoms with Gasteiger partial charge in [0.25, 0.3) is 0 Å². The lowest BCUT2D eigenvalue weighted by atomic mass is 10.0. The van der Waals surface area contributed by atoms with Crippen molar-refractivity contribution in [3.05, 3.63) is 18.2 Å². The summed E-state index contributed by atoms with van der Waals surface area (Å²) in [6.45, 7) is 0.369. The Balaban J connectivity index is 1.97. The van der Waals surface area contributed by atoms with Gasteiger partial charge in [-0.1, -0.05) is 0 Å². The molecule has 16 heavy (non-hydrogen) atoms. The number of likely N-dealkylation sites (tertiary alicyclic amines) is 1. The predicted molar refractivity (Wildman–Crippen MR) is 56.2 cm³/mol. The lowest BCUT2D eigenvalue weighted by Crippen LogP contribution is -2.51. The van der Waals surface area contributed by atoms with Crippen molar-refractivity contribution >= 4 is 11.8 Å². The highest BCUT2D eigenvalue weighted by Crippen LogP contribution is 2.12. The van der Waals surface area contributed by atoms with Crippen molar-refractivity contribution < 1.29 is 9.59 Å². The molecular weight excluding hydrogens is 208 g/mol. The Morgan fingerprint density at radius 1 is 1.56 bits per heavy atom. The maximum absolute atomic E-state index is 11.6. The molecule has 1 aliphatic heterocycles. The molecule has 86 valence electrons. The first kappa shape index (κ1) is 10.8. The van der Waals surface area contributed by atoms with Gasteiger partial charge in [-0.2, -0.15) is 0 Å². The number of hydrogen-bond acceptors (Lipinski definition) is 4. The summed E-state index contributed by atoms with van der Waals surface area (Å²) in [6.07, 6.45) is 4.65. The van der Waals surface area contributed by atoms with Crippen LogP contribution < -0.4 is 5.73 Å². The van der Waals surface area contributed by atoms with Crippen molar-refractivity contribution in [2.75, 3.05) is 6.54 Å². The maximum atomic E-state index is 11.6. The van der Waals surface area contributed by atoms with Crippen LogP contribution in [-0.2, 0) is 16.0 Å². The molecule has 1 aromatic rings. The standard InChI is InChI=1S/C10H14N4O2/c11-8-1-2-9(15)14(10(8)16)4-3-7-5-12-6-13-7/h5-6,8H,1-4,11H2,(H,12,13). The Hall–Kier alpha value is -1.69. The second-order valence-corrected chi connectivity index (χ2v) is 3.86. The fourth-order valence-electron chi connectivity index (χ4n) is 1.75. The highest BCUT2D eigenvalue weighted by atomic mass is 16.2. The number of nitrogens with two attached hydrogens (primary N) is 1. The Labute approximate surface area is 92.8 Å². The quantitative estimate of drug-likeness (QED) is 0.670. The van der Waals surface area contributed by atoms with Crippen LogP contribution in [0.2, 0.25) is 0 Å². The second kappa shape index (κ2) is 4.44. The smallest absolute Gasteiger partial charge is 0.246 e. The molecule has 1 aromatic heterocycles. The molecule has 0 radical (unpaired) electrons. The summed E-state index contributed by atoms with van der Waals surface area (Å²) in [5.41, 5.74) is 6.52. The first-order valence-electron chi connectivity index (χ1n) is 5.25. The number of aromatic nitrogens is 2. The van der Waals surface area contributed by atoms with Gasteiger partial charge in [-0.15, -0.1) is 0 Å². The molecule has 2 amide bonds. The normalized spacial score (nSPS) is 21.6. The second-order valence-electron chi connectivity index (χ2n) is 3.86. The Morgan fingerprint density at radius 2 is 2.38 bits per heavy atom. The molecule has 1 unspecified atom stereocenters. The summed E-state index contributed by atoms with van der Waals surface area (Å²) in [6, 6.07) is -0.528. The number of piperidine rings is 1. The minimum atomic E-state index is -0.528. The Bertz CT molecular complexity index is 388. The van der Waals surface area contributed by atoms with Crippen LogP contribution in [0, 0.1) is 0 Å². The van der Waals surface area contributed by atoms with Gasteiger partial charge >= 0.3 is 0 Å². The highest BCUT2D eigenvalue weighted by molar-refractivity contribution is 6.00. The van der Waals surface area contributed by atoms with Crippen molar-refractivity contribution in [1.29, 1.82) is 0 Å². The number of carbonyl (C=O) groups is 2. The lowest BCUT2D eigenvalue weighted by Gasteiger charge is -2.28. The number of rotatable bonds is 3. The van der Waals surface area contributed by atoms with Gasteiger partial charge in [0, 0.05) is 31.3 Å². The molecule has 1 atom stereocenters. The van der Waals surface area contributed by atoms with Crippen molar-refractivity contribution in [1.82, 2.24) is 14.9 Å². The molecule has 2 rings (SSSR count). The number of imide groups is 1. The minimum absolute atomic E-state index is 0.133. The Morgan fingerprint density at radius 3 is 3.06 bits per heavy atom. The van der Waals surface area contributed by atoms with Crippen LogP contribution >= 0.6 is 0 Å². The third kappa shape index (κ3) is 2.11. The van der Waals surface area contributed by atoms with E-state index in [1.165, 1.54) is 4.90 Å². The van der Waals surface area contributed by atoms with E-state index in [1.807, 2.05) is 0 Å². The van der Waals surface area contributed by atoms with Crippen molar-refractivity contribution in [2.24, 2.45) is 5.73 Å². The summed E-state index contributed by atoms with van der Waals surface area (Å²) in [5.74, 6) is -0.401. The van der Waals surface area contributed by atoms with E-state index in [0.717, 1.165) is 5.69 Å². The topological polar surface area (TPSA) is 92.1 Å². The molecule has 0 bridgehead atoms. The van der Waals surface area contributed by atoms with Gasteiger partial charge < -0.3 is 10.7 Å². The molecule has 1 aliphatic rings. The predicted octanol–water partition coefficient (Wildman–Crippen LogP) is -0.572. The van der Waals surface area contributed by atoms with Gasteiger partial charge in [0.2, 0.25) is 11.8 Å². The number of nitrogens with zero attached hydrogens (tertiary/aromatic N) is 2. The van der Waals surface area contributed by atoms with E-state index in [4.69, 9.17) is 5.73 Å². The number of nitrogens with one attached hydrogen (secondary N) is 1. The van der Waals surface area contributed by atoms with E-state index in [-0.39, 0.29) is 11.8 Å². The molecule has 0 aromatic carbocycles. The van der Waals surface area contributed by atoms with E-state index >= 15 is 0 Å². The summed E-state index contributed by atoms with van der Waals surface area (Å²) in [5, 5.41) is 0. The van der Waals surface area contributed by atoms with Gasteiger partial charge in [0.15, 0.2) is 0 Å². The van der Waals surface area contributed by atoms with Crippen LogP contribution in [-0.4, -0.2) is 39.3 Å². The van der Waals surface area contributed by atoms with Crippen molar-refractivity contribution in [3.63, 3.8) is 0 Å². The zero-order chi connectivity index (χ0) is 11.5.